The number of amides is 1. The van der Waals surface area contributed by atoms with Crippen LogP contribution < -0.4 is 10.6 Å². The zero-order valence-electron chi connectivity index (χ0n) is 10.1. The molecule has 1 heterocycles. The molecule has 0 fully saturated rings. The smallest absolute Gasteiger partial charge is 0.224 e. The van der Waals surface area contributed by atoms with E-state index in [2.05, 4.69) is 36.5 Å². The van der Waals surface area contributed by atoms with E-state index in [1.165, 1.54) is 0 Å². The topological polar surface area (TPSA) is 70.2 Å². The van der Waals surface area contributed by atoms with Gasteiger partial charge in [0.25, 0.3) is 0 Å². The van der Waals surface area contributed by atoms with Gasteiger partial charge in [-0.05, 0) is 15.9 Å². The van der Waals surface area contributed by atoms with Gasteiger partial charge in [-0.15, -0.1) is 0 Å². The molecule has 1 rings (SSSR count). The number of hydrogen-bond acceptors (Lipinski definition) is 5. The van der Waals surface area contributed by atoms with E-state index in [0.717, 1.165) is 4.47 Å². The van der Waals surface area contributed by atoms with Crippen LogP contribution in [0.5, 0.6) is 0 Å². The Hall–Kier alpha value is -1.37. The fourth-order valence-electron chi connectivity index (χ4n) is 1.12. The molecule has 7 heteroatoms. The number of hydrogen-bond donors (Lipinski definition) is 2. The lowest BCUT2D eigenvalue weighted by molar-refractivity contribution is -0.128. The van der Waals surface area contributed by atoms with Crippen LogP contribution in [0.3, 0.4) is 0 Å². The molecule has 0 spiro atoms. The monoisotopic (exact) mass is 301 g/mol. The number of nitrogens with one attached hydrogen (secondary N) is 2. The summed E-state index contributed by atoms with van der Waals surface area (Å²) < 4.78 is 0.772. The van der Waals surface area contributed by atoms with Crippen molar-refractivity contribution < 1.29 is 4.79 Å². The Balaban J connectivity index is 2.54. The maximum atomic E-state index is 11.4. The van der Waals surface area contributed by atoms with Gasteiger partial charge in [0, 0.05) is 40.3 Å². The third-order valence-electron chi connectivity index (χ3n) is 2.10. The molecular formula is C10H16BrN5O. The van der Waals surface area contributed by atoms with Crippen LogP contribution in [0.2, 0.25) is 0 Å². The predicted octanol–water partition coefficient (Wildman–Crippen LogP) is 1.17. The third-order valence-corrected chi connectivity index (χ3v) is 2.68. The Kier molecular flexibility index (Phi) is 5.14. The van der Waals surface area contributed by atoms with Gasteiger partial charge in [-0.2, -0.15) is 4.98 Å². The van der Waals surface area contributed by atoms with E-state index in [9.17, 15) is 4.79 Å². The van der Waals surface area contributed by atoms with Gasteiger partial charge in [-0.25, -0.2) is 4.98 Å². The fraction of sp³-hybridized carbons (Fsp3) is 0.500. The Labute approximate surface area is 109 Å². The number of carbonyl (C=O) groups is 1. The summed E-state index contributed by atoms with van der Waals surface area (Å²) in [5, 5.41) is 5.94. The normalized spacial score (nSPS) is 9.88. The van der Waals surface area contributed by atoms with Crippen molar-refractivity contribution in [1.82, 2.24) is 14.9 Å². The lowest BCUT2D eigenvalue weighted by atomic mass is 10.4. The Bertz CT molecular complexity index is 396. The molecule has 2 N–H and O–H groups in total. The number of anilines is 2. The van der Waals surface area contributed by atoms with E-state index in [-0.39, 0.29) is 5.91 Å². The Morgan fingerprint density at radius 3 is 2.82 bits per heavy atom. The maximum Gasteiger partial charge on any atom is 0.224 e. The summed E-state index contributed by atoms with van der Waals surface area (Å²) in [7, 11) is 5.23. The minimum atomic E-state index is 0.0801. The first-order valence-corrected chi connectivity index (χ1v) is 5.98. The van der Waals surface area contributed by atoms with Gasteiger partial charge in [0.1, 0.15) is 5.82 Å². The molecule has 0 atom stereocenters. The average molecular weight is 302 g/mol. The molecule has 0 aliphatic carbocycles. The van der Waals surface area contributed by atoms with Crippen molar-refractivity contribution >= 4 is 33.6 Å². The maximum absolute atomic E-state index is 11.4. The second-order valence-electron chi connectivity index (χ2n) is 3.61. The zero-order chi connectivity index (χ0) is 12.8. The van der Waals surface area contributed by atoms with Gasteiger partial charge in [0.05, 0.1) is 4.47 Å². The van der Waals surface area contributed by atoms with Crippen LogP contribution in [0, 0.1) is 0 Å². The molecule has 94 valence electrons. The molecule has 6 nitrogen and oxygen atoms in total. The molecule has 0 aliphatic heterocycles. The highest BCUT2D eigenvalue weighted by molar-refractivity contribution is 9.10. The molecule has 1 amide bonds. The molecule has 0 aromatic carbocycles. The molecule has 0 saturated heterocycles. The summed E-state index contributed by atoms with van der Waals surface area (Å²) >= 11 is 3.35. The van der Waals surface area contributed by atoms with Crippen LogP contribution >= 0.6 is 15.9 Å². The molecule has 0 saturated carbocycles. The summed E-state index contributed by atoms with van der Waals surface area (Å²) in [5.41, 5.74) is 0. The first-order chi connectivity index (χ1) is 8.04. The van der Waals surface area contributed by atoms with E-state index in [1.807, 2.05) is 0 Å². The van der Waals surface area contributed by atoms with Crippen molar-refractivity contribution in [2.45, 2.75) is 6.42 Å². The third kappa shape index (κ3) is 4.18. The Morgan fingerprint density at radius 1 is 1.53 bits per heavy atom. The lowest BCUT2D eigenvalue weighted by Gasteiger charge is -2.11. The molecule has 1 aromatic rings. The molecule has 17 heavy (non-hydrogen) atoms. The fourth-order valence-corrected chi connectivity index (χ4v) is 1.45. The van der Waals surface area contributed by atoms with Gasteiger partial charge in [-0.3, -0.25) is 4.79 Å². The van der Waals surface area contributed by atoms with Crippen LogP contribution in [-0.2, 0) is 4.79 Å². The first-order valence-electron chi connectivity index (χ1n) is 5.19. The standard InChI is InChI=1S/C10H16BrN5O/c1-12-10-14-6-7(11)9(15-10)13-5-4-8(17)16(2)3/h6H,4-5H2,1-3H3,(H2,12,13,14,15). The first kappa shape index (κ1) is 13.7. The minimum absolute atomic E-state index is 0.0801. The Morgan fingerprint density at radius 2 is 2.24 bits per heavy atom. The molecule has 0 unspecified atom stereocenters. The van der Waals surface area contributed by atoms with E-state index in [0.29, 0.717) is 24.7 Å². The molecule has 0 radical (unpaired) electrons. The largest absolute Gasteiger partial charge is 0.368 e. The molecule has 0 bridgehead atoms. The minimum Gasteiger partial charge on any atom is -0.368 e. The summed E-state index contributed by atoms with van der Waals surface area (Å²) in [6, 6.07) is 0. The highest BCUT2D eigenvalue weighted by Gasteiger charge is 2.06. The molecular weight excluding hydrogens is 286 g/mol. The van der Waals surface area contributed by atoms with Crippen LogP contribution in [-0.4, -0.2) is 48.5 Å². The SMILES string of the molecule is CNc1ncc(Br)c(NCCC(=O)N(C)C)n1. The number of rotatable bonds is 5. The van der Waals surface area contributed by atoms with Crippen molar-refractivity contribution in [3.8, 4) is 0 Å². The second-order valence-corrected chi connectivity index (χ2v) is 4.46. The quantitative estimate of drug-likeness (QED) is 0.854. The van der Waals surface area contributed by atoms with Crippen LogP contribution in [0.15, 0.2) is 10.7 Å². The van der Waals surface area contributed by atoms with Crippen molar-refractivity contribution in [2.24, 2.45) is 0 Å². The molecule has 0 aliphatic rings. The highest BCUT2D eigenvalue weighted by Crippen LogP contribution is 2.19. The second kappa shape index (κ2) is 6.39. The van der Waals surface area contributed by atoms with Crippen molar-refractivity contribution in [2.75, 3.05) is 38.3 Å². The lowest BCUT2D eigenvalue weighted by Crippen LogP contribution is -2.24. The van der Waals surface area contributed by atoms with Gasteiger partial charge in [0.15, 0.2) is 0 Å². The zero-order valence-corrected chi connectivity index (χ0v) is 11.7. The van der Waals surface area contributed by atoms with Gasteiger partial charge in [0.2, 0.25) is 11.9 Å². The van der Waals surface area contributed by atoms with Crippen molar-refractivity contribution in [3.63, 3.8) is 0 Å². The van der Waals surface area contributed by atoms with Crippen molar-refractivity contribution in [1.29, 1.82) is 0 Å². The van der Waals surface area contributed by atoms with Gasteiger partial charge < -0.3 is 15.5 Å². The van der Waals surface area contributed by atoms with Gasteiger partial charge >= 0.3 is 0 Å². The number of carbonyl (C=O) groups excluding carboxylic acids is 1. The van der Waals surface area contributed by atoms with Crippen LogP contribution in [0.1, 0.15) is 6.42 Å². The average Bonchev–Trinajstić information content (AvgIpc) is 2.31. The number of halogens is 1. The predicted molar refractivity (Wildman–Crippen MR) is 71.1 cm³/mol. The van der Waals surface area contributed by atoms with E-state index >= 15 is 0 Å². The summed E-state index contributed by atoms with van der Waals surface area (Å²) in [6.45, 7) is 0.537. The van der Waals surface area contributed by atoms with E-state index < -0.39 is 0 Å². The summed E-state index contributed by atoms with van der Waals surface area (Å²) in [5.74, 6) is 1.29. The van der Waals surface area contributed by atoms with Crippen LogP contribution in [0.25, 0.3) is 0 Å². The number of nitrogens with zero attached hydrogens (tertiary/aromatic N) is 3. The van der Waals surface area contributed by atoms with Gasteiger partial charge in [-0.1, -0.05) is 0 Å². The van der Waals surface area contributed by atoms with E-state index in [1.54, 1.807) is 32.2 Å². The summed E-state index contributed by atoms with van der Waals surface area (Å²) in [6.07, 6.45) is 2.09. The van der Waals surface area contributed by atoms with Crippen molar-refractivity contribution in [3.05, 3.63) is 10.7 Å². The number of aromatic nitrogens is 2. The highest BCUT2D eigenvalue weighted by atomic mass is 79.9. The summed E-state index contributed by atoms with van der Waals surface area (Å²) in [4.78, 5) is 21.2. The van der Waals surface area contributed by atoms with E-state index in [4.69, 9.17) is 0 Å². The molecule has 1 aromatic heterocycles. The van der Waals surface area contributed by atoms with Crippen LogP contribution in [0.4, 0.5) is 11.8 Å².